The van der Waals surface area contributed by atoms with Crippen LogP contribution in [0.2, 0.25) is 0 Å². The number of hydrogen-bond acceptors (Lipinski definition) is 5. The number of pyridine rings is 1. The maximum Gasteiger partial charge on any atom is 0.227 e. The SMILES string of the molecule is O=C(Nc1cccc(OCc2cccnc2)c1)C1CCN(C(=O)CCOc2ccccc2)CC1. The lowest BCUT2D eigenvalue weighted by Gasteiger charge is -2.31. The summed E-state index contributed by atoms with van der Waals surface area (Å²) in [6.07, 6.45) is 5.11. The molecule has 1 aliphatic rings. The first-order chi connectivity index (χ1) is 16.7. The predicted molar refractivity (Wildman–Crippen MR) is 129 cm³/mol. The summed E-state index contributed by atoms with van der Waals surface area (Å²) < 4.78 is 11.4. The van der Waals surface area contributed by atoms with E-state index in [2.05, 4.69) is 10.3 Å². The Morgan fingerprint density at radius 2 is 1.74 bits per heavy atom. The number of benzene rings is 2. The first-order valence-corrected chi connectivity index (χ1v) is 11.6. The lowest BCUT2D eigenvalue weighted by molar-refractivity contribution is -0.135. The summed E-state index contributed by atoms with van der Waals surface area (Å²) >= 11 is 0. The molecule has 1 saturated heterocycles. The largest absolute Gasteiger partial charge is 0.493 e. The van der Waals surface area contributed by atoms with Gasteiger partial charge in [0.2, 0.25) is 11.8 Å². The summed E-state index contributed by atoms with van der Waals surface area (Å²) in [4.78, 5) is 31.2. The van der Waals surface area contributed by atoms with E-state index in [-0.39, 0.29) is 17.7 Å². The van der Waals surface area contributed by atoms with Crippen molar-refractivity contribution in [1.82, 2.24) is 9.88 Å². The first kappa shape index (κ1) is 23.3. The van der Waals surface area contributed by atoms with Crippen LogP contribution in [-0.4, -0.2) is 41.4 Å². The Kier molecular flexibility index (Phi) is 8.11. The van der Waals surface area contributed by atoms with E-state index in [1.54, 1.807) is 12.4 Å². The molecule has 1 fully saturated rings. The van der Waals surface area contributed by atoms with E-state index < -0.39 is 0 Å². The molecule has 0 unspecified atom stereocenters. The molecule has 0 bridgehead atoms. The second kappa shape index (κ2) is 11.8. The second-order valence-electron chi connectivity index (χ2n) is 8.23. The summed E-state index contributed by atoms with van der Waals surface area (Å²) in [7, 11) is 0. The first-order valence-electron chi connectivity index (χ1n) is 11.6. The minimum absolute atomic E-state index is 0.0241. The highest BCUT2D eigenvalue weighted by atomic mass is 16.5. The minimum Gasteiger partial charge on any atom is -0.493 e. The van der Waals surface area contributed by atoms with Crippen LogP contribution in [0, 0.1) is 5.92 Å². The quantitative estimate of drug-likeness (QED) is 0.516. The molecule has 0 saturated carbocycles. The van der Waals surface area contributed by atoms with Crippen molar-refractivity contribution in [2.45, 2.75) is 25.9 Å². The van der Waals surface area contributed by atoms with Crippen molar-refractivity contribution in [2.24, 2.45) is 5.92 Å². The second-order valence-corrected chi connectivity index (χ2v) is 8.23. The number of carbonyl (C=O) groups is 2. The van der Waals surface area contributed by atoms with Crippen molar-refractivity contribution in [3.05, 3.63) is 84.7 Å². The van der Waals surface area contributed by atoms with Gasteiger partial charge in [-0.2, -0.15) is 0 Å². The Balaban J connectivity index is 1.19. The Morgan fingerprint density at radius 3 is 2.50 bits per heavy atom. The van der Waals surface area contributed by atoms with E-state index in [4.69, 9.17) is 9.47 Å². The van der Waals surface area contributed by atoms with Crippen LogP contribution < -0.4 is 14.8 Å². The van der Waals surface area contributed by atoms with Gasteiger partial charge in [-0.05, 0) is 43.2 Å². The number of ether oxygens (including phenoxy) is 2. The predicted octanol–water partition coefficient (Wildman–Crippen LogP) is 4.31. The number of hydrogen-bond donors (Lipinski definition) is 1. The average Bonchev–Trinajstić information content (AvgIpc) is 2.89. The maximum absolute atomic E-state index is 12.8. The summed E-state index contributed by atoms with van der Waals surface area (Å²) in [6, 6.07) is 20.7. The molecule has 4 rings (SSSR count). The van der Waals surface area contributed by atoms with Gasteiger partial charge in [-0.1, -0.05) is 30.3 Å². The van der Waals surface area contributed by atoms with Gasteiger partial charge in [0.25, 0.3) is 0 Å². The van der Waals surface area contributed by atoms with Crippen molar-refractivity contribution in [1.29, 1.82) is 0 Å². The molecule has 2 aromatic carbocycles. The molecule has 1 aliphatic heterocycles. The molecule has 1 aromatic heterocycles. The van der Waals surface area contributed by atoms with Crippen molar-refractivity contribution in [3.8, 4) is 11.5 Å². The number of para-hydroxylation sites is 1. The number of nitrogens with zero attached hydrogens (tertiary/aromatic N) is 2. The summed E-state index contributed by atoms with van der Waals surface area (Å²) in [5, 5.41) is 2.99. The van der Waals surface area contributed by atoms with Crippen LogP contribution in [0.15, 0.2) is 79.1 Å². The molecule has 0 radical (unpaired) electrons. The molecule has 176 valence electrons. The Hall–Kier alpha value is -3.87. The molecule has 34 heavy (non-hydrogen) atoms. The van der Waals surface area contributed by atoms with Crippen LogP contribution in [0.5, 0.6) is 11.5 Å². The highest BCUT2D eigenvalue weighted by molar-refractivity contribution is 5.93. The molecule has 1 N–H and O–H groups in total. The fraction of sp³-hybridized carbons (Fsp3) is 0.296. The van der Waals surface area contributed by atoms with E-state index in [1.165, 1.54) is 0 Å². The summed E-state index contributed by atoms with van der Waals surface area (Å²) in [5.41, 5.74) is 1.68. The average molecular weight is 460 g/mol. The molecule has 2 amide bonds. The monoisotopic (exact) mass is 459 g/mol. The third-order valence-corrected chi connectivity index (χ3v) is 5.78. The van der Waals surface area contributed by atoms with E-state index in [1.807, 2.05) is 71.6 Å². The van der Waals surface area contributed by atoms with Gasteiger partial charge in [-0.3, -0.25) is 14.6 Å². The molecular weight excluding hydrogens is 430 g/mol. The molecule has 3 aromatic rings. The van der Waals surface area contributed by atoms with Gasteiger partial charge >= 0.3 is 0 Å². The molecule has 7 heteroatoms. The molecule has 7 nitrogen and oxygen atoms in total. The lowest BCUT2D eigenvalue weighted by atomic mass is 9.95. The number of likely N-dealkylation sites (tertiary alicyclic amines) is 1. The number of carbonyl (C=O) groups excluding carboxylic acids is 2. The van der Waals surface area contributed by atoms with Crippen molar-refractivity contribution in [3.63, 3.8) is 0 Å². The van der Waals surface area contributed by atoms with Crippen molar-refractivity contribution < 1.29 is 19.1 Å². The van der Waals surface area contributed by atoms with E-state index in [0.29, 0.717) is 57.0 Å². The number of rotatable bonds is 9. The lowest BCUT2D eigenvalue weighted by Crippen LogP contribution is -2.41. The number of amides is 2. The number of nitrogens with one attached hydrogen (secondary N) is 1. The third kappa shape index (κ3) is 6.81. The Bertz CT molecular complexity index is 1070. The normalized spacial score (nSPS) is 13.8. The van der Waals surface area contributed by atoms with Gasteiger partial charge in [0.15, 0.2) is 0 Å². The molecule has 0 aliphatic carbocycles. The number of anilines is 1. The fourth-order valence-electron chi connectivity index (χ4n) is 3.88. The number of aromatic nitrogens is 1. The zero-order valence-corrected chi connectivity index (χ0v) is 19.1. The highest BCUT2D eigenvalue weighted by Gasteiger charge is 2.27. The molecular formula is C27H29N3O4. The summed E-state index contributed by atoms with van der Waals surface area (Å²) in [6.45, 7) is 1.92. The van der Waals surface area contributed by atoms with Crippen LogP contribution in [0.3, 0.4) is 0 Å². The molecule has 0 atom stereocenters. The van der Waals surface area contributed by atoms with Gasteiger partial charge in [0.05, 0.1) is 13.0 Å². The third-order valence-electron chi connectivity index (χ3n) is 5.78. The molecule has 0 spiro atoms. The van der Waals surface area contributed by atoms with Crippen LogP contribution in [0.4, 0.5) is 5.69 Å². The van der Waals surface area contributed by atoms with Gasteiger partial charge in [0.1, 0.15) is 18.1 Å². The zero-order chi connectivity index (χ0) is 23.6. The van der Waals surface area contributed by atoms with Crippen molar-refractivity contribution in [2.75, 3.05) is 25.0 Å². The van der Waals surface area contributed by atoms with Crippen molar-refractivity contribution >= 4 is 17.5 Å². The Morgan fingerprint density at radius 1 is 0.941 bits per heavy atom. The number of piperidine rings is 1. The van der Waals surface area contributed by atoms with Crippen LogP contribution in [-0.2, 0) is 16.2 Å². The molecule has 2 heterocycles. The van der Waals surface area contributed by atoms with E-state index in [0.717, 1.165) is 11.3 Å². The van der Waals surface area contributed by atoms with Gasteiger partial charge in [-0.25, -0.2) is 0 Å². The zero-order valence-electron chi connectivity index (χ0n) is 19.1. The topological polar surface area (TPSA) is 80.8 Å². The van der Waals surface area contributed by atoms with Gasteiger partial charge < -0.3 is 19.7 Å². The standard InChI is InChI=1S/C27H29N3O4/c31-26(13-17-33-24-8-2-1-3-9-24)30-15-11-22(12-16-30)27(32)29-23-7-4-10-25(18-23)34-20-21-6-5-14-28-19-21/h1-10,14,18-19,22H,11-13,15-17,20H2,(H,29,32). The van der Waals surface area contributed by atoms with Crippen LogP contribution in [0.25, 0.3) is 0 Å². The Labute approximate surface area is 199 Å². The summed E-state index contributed by atoms with van der Waals surface area (Å²) in [5.74, 6) is 1.36. The maximum atomic E-state index is 12.8. The van der Waals surface area contributed by atoms with Gasteiger partial charge in [0, 0.05) is 48.7 Å². The van der Waals surface area contributed by atoms with E-state index in [9.17, 15) is 9.59 Å². The van der Waals surface area contributed by atoms with Gasteiger partial charge in [-0.15, -0.1) is 0 Å². The fourth-order valence-corrected chi connectivity index (χ4v) is 3.88. The van der Waals surface area contributed by atoms with Crippen LogP contribution >= 0.6 is 0 Å². The van der Waals surface area contributed by atoms with Crippen LogP contribution in [0.1, 0.15) is 24.8 Å². The highest BCUT2D eigenvalue weighted by Crippen LogP contribution is 2.23. The minimum atomic E-state index is -0.121. The van der Waals surface area contributed by atoms with E-state index >= 15 is 0 Å². The smallest absolute Gasteiger partial charge is 0.227 e.